The lowest BCUT2D eigenvalue weighted by Crippen LogP contribution is -2.39. The van der Waals surface area contributed by atoms with Gasteiger partial charge in [0.05, 0.1) is 12.2 Å². The maximum Gasteiger partial charge on any atom is 0.341 e. The molecule has 0 unspecified atom stereocenters. The van der Waals surface area contributed by atoms with Crippen molar-refractivity contribution in [1.29, 1.82) is 0 Å². The van der Waals surface area contributed by atoms with Crippen molar-refractivity contribution in [2.45, 2.75) is 72.1 Å². The van der Waals surface area contributed by atoms with Gasteiger partial charge < -0.3 is 15.4 Å². The highest BCUT2D eigenvalue weighted by Crippen LogP contribution is 2.47. The number of nitrogens with one attached hydrogen (secondary N) is 2. The summed E-state index contributed by atoms with van der Waals surface area (Å²) in [5, 5.41) is 6.85. The van der Waals surface area contributed by atoms with Crippen LogP contribution in [0.4, 0.5) is 9.39 Å². The lowest BCUT2D eigenvalue weighted by molar-refractivity contribution is -0.118. The standard InChI is InChI=1S/C30H33FN2O4S/c1-5-37-29(36)25-19-8-6-7-9-22(19)38-28(25)33-27(35)23-16(2)32-20-14-30(3,4)15-21(34)26(20)24(23)17-10-12-18(31)13-11-17/h10-13,24,32H,5-9,14-15H2,1-4H3,(H,33,35)/t24-/m1/s1. The van der Waals surface area contributed by atoms with Crippen molar-refractivity contribution in [3.05, 3.63) is 74.2 Å². The molecule has 2 heterocycles. The van der Waals surface area contributed by atoms with Gasteiger partial charge >= 0.3 is 5.97 Å². The molecule has 38 heavy (non-hydrogen) atoms. The number of carbonyl (C=O) groups is 3. The van der Waals surface area contributed by atoms with Crippen LogP contribution in [0.5, 0.6) is 0 Å². The first-order valence-electron chi connectivity index (χ1n) is 13.2. The zero-order valence-corrected chi connectivity index (χ0v) is 23.1. The van der Waals surface area contributed by atoms with E-state index in [4.69, 9.17) is 4.74 Å². The van der Waals surface area contributed by atoms with Gasteiger partial charge in [0.15, 0.2) is 5.78 Å². The Morgan fingerprint density at radius 2 is 1.87 bits per heavy atom. The largest absolute Gasteiger partial charge is 0.462 e. The van der Waals surface area contributed by atoms with Crippen LogP contribution in [0.3, 0.4) is 0 Å². The summed E-state index contributed by atoms with van der Waals surface area (Å²) in [4.78, 5) is 41.6. The van der Waals surface area contributed by atoms with Crippen molar-refractivity contribution < 1.29 is 23.5 Å². The Hall–Kier alpha value is -3.26. The third-order valence-electron chi connectivity index (χ3n) is 7.57. The zero-order valence-electron chi connectivity index (χ0n) is 22.3. The molecule has 6 nitrogen and oxygen atoms in total. The Morgan fingerprint density at radius 3 is 2.58 bits per heavy atom. The van der Waals surface area contributed by atoms with E-state index in [2.05, 4.69) is 24.5 Å². The Bertz CT molecular complexity index is 1380. The molecule has 1 aromatic carbocycles. The second kappa shape index (κ2) is 10.1. The van der Waals surface area contributed by atoms with E-state index in [-0.39, 0.29) is 23.6 Å². The molecule has 0 saturated heterocycles. The number of fused-ring (bicyclic) bond motifs is 1. The number of ether oxygens (including phenoxy) is 1. The summed E-state index contributed by atoms with van der Waals surface area (Å²) < 4.78 is 19.2. The van der Waals surface area contributed by atoms with E-state index >= 15 is 0 Å². The second-order valence-corrected chi connectivity index (χ2v) is 12.2. The number of Topliss-reactive ketones (excluding diaryl/α,β-unsaturated/α-hetero) is 1. The van der Waals surface area contributed by atoms with Crippen molar-refractivity contribution in [2.75, 3.05) is 11.9 Å². The smallest absolute Gasteiger partial charge is 0.341 e. The number of carbonyl (C=O) groups excluding carboxylic acids is 3. The monoisotopic (exact) mass is 536 g/mol. The molecule has 1 amide bonds. The summed E-state index contributed by atoms with van der Waals surface area (Å²) in [6, 6.07) is 5.98. The number of rotatable bonds is 5. The lowest BCUT2D eigenvalue weighted by atomic mass is 9.68. The van der Waals surface area contributed by atoms with E-state index in [0.717, 1.165) is 41.8 Å². The molecule has 5 rings (SSSR count). The topological polar surface area (TPSA) is 84.5 Å². The van der Waals surface area contributed by atoms with E-state index in [1.807, 2.05) is 6.92 Å². The minimum absolute atomic E-state index is 0.0188. The fourth-order valence-corrected chi connectivity index (χ4v) is 7.24. The molecule has 1 aliphatic heterocycles. The van der Waals surface area contributed by atoms with Gasteiger partial charge in [0.1, 0.15) is 10.8 Å². The van der Waals surface area contributed by atoms with Gasteiger partial charge in [0.2, 0.25) is 0 Å². The third-order valence-corrected chi connectivity index (χ3v) is 8.77. The fourth-order valence-electron chi connectivity index (χ4n) is 5.97. The van der Waals surface area contributed by atoms with E-state index in [0.29, 0.717) is 45.8 Å². The molecule has 0 saturated carbocycles. The Balaban J connectivity index is 1.57. The van der Waals surface area contributed by atoms with E-state index in [1.165, 1.54) is 23.5 Å². The van der Waals surface area contributed by atoms with Gasteiger partial charge in [0, 0.05) is 39.8 Å². The van der Waals surface area contributed by atoms with Crippen molar-refractivity contribution in [3.63, 3.8) is 0 Å². The summed E-state index contributed by atoms with van der Waals surface area (Å²) in [6.45, 7) is 7.94. The summed E-state index contributed by atoms with van der Waals surface area (Å²) in [7, 11) is 0. The normalized spacial score (nSPS) is 20.4. The van der Waals surface area contributed by atoms with Crippen LogP contribution in [-0.4, -0.2) is 24.3 Å². The number of allylic oxidation sites excluding steroid dienone is 3. The highest BCUT2D eigenvalue weighted by molar-refractivity contribution is 7.17. The number of benzene rings is 1. The molecule has 1 atom stereocenters. The number of dihydropyridines is 1. The molecular formula is C30H33FN2O4S. The van der Waals surface area contributed by atoms with Gasteiger partial charge in [-0.3, -0.25) is 9.59 Å². The van der Waals surface area contributed by atoms with Crippen LogP contribution in [0.25, 0.3) is 0 Å². The highest BCUT2D eigenvalue weighted by atomic mass is 32.1. The van der Waals surface area contributed by atoms with Gasteiger partial charge in [-0.25, -0.2) is 9.18 Å². The van der Waals surface area contributed by atoms with Gasteiger partial charge in [-0.2, -0.15) is 0 Å². The molecule has 2 aromatic rings. The van der Waals surface area contributed by atoms with Crippen LogP contribution in [-0.2, 0) is 27.2 Å². The average Bonchev–Trinajstić information content (AvgIpc) is 3.20. The number of anilines is 1. The van der Waals surface area contributed by atoms with Crippen LogP contribution in [0, 0.1) is 11.2 Å². The first kappa shape index (κ1) is 26.4. The number of amides is 1. The maximum atomic E-state index is 14.0. The number of hydrogen-bond acceptors (Lipinski definition) is 6. The molecule has 200 valence electrons. The van der Waals surface area contributed by atoms with Gasteiger partial charge in [-0.05, 0) is 74.6 Å². The van der Waals surface area contributed by atoms with Crippen LogP contribution < -0.4 is 10.6 Å². The number of aryl methyl sites for hydroxylation is 1. The predicted molar refractivity (Wildman–Crippen MR) is 146 cm³/mol. The van der Waals surface area contributed by atoms with Crippen molar-refractivity contribution in [2.24, 2.45) is 5.41 Å². The van der Waals surface area contributed by atoms with Crippen molar-refractivity contribution in [1.82, 2.24) is 5.32 Å². The first-order valence-corrected chi connectivity index (χ1v) is 14.0. The van der Waals surface area contributed by atoms with E-state index in [9.17, 15) is 18.8 Å². The summed E-state index contributed by atoms with van der Waals surface area (Å²) in [6.07, 6.45) is 4.70. The quantitative estimate of drug-likeness (QED) is 0.446. The highest BCUT2D eigenvalue weighted by Gasteiger charge is 2.43. The minimum atomic E-state index is -0.643. The lowest BCUT2D eigenvalue weighted by Gasteiger charge is -2.39. The zero-order chi connectivity index (χ0) is 27.2. The second-order valence-electron chi connectivity index (χ2n) is 11.1. The number of hydrogen-bond donors (Lipinski definition) is 2. The predicted octanol–water partition coefficient (Wildman–Crippen LogP) is 6.19. The maximum absolute atomic E-state index is 14.0. The molecule has 8 heteroatoms. The Labute approximate surface area is 226 Å². The number of thiophene rings is 1. The van der Waals surface area contributed by atoms with E-state index in [1.54, 1.807) is 19.1 Å². The van der Waals surface area contributed by atoms with Crippen LogP contribution in [0.2, 0.25) is 0 Å². The molecule has 2 aliphatic carbocycles. The number of ketones is 1. The van der Waals surface area contributed by atoms with Gasteiger partial charge in [-0.15, -0.1) is 11.3 Å². The Kier molecular flexibility index (Phi) is 7.03. The average molecular weight is 537 g/mol. The summed E-state index contributed by atoms with van der Waals surface area (Å²) >= 11 is 1.43. The fraction of sp³-hybridized carbons (Fsp3) is 0.433. The molecule has 0 radical (unpaired) electrons. The molecule has 2 N–H and O–H groups in total. The molecule has 3 aliphatic rings. The van der Waals surface area contributed by atoms with Crippen molar-refractivity contribution in [3.8, 4) is 0 Å². The molecular weight excluding hydrogens is 503 g/mol. The Morgan fingerprint density at radius 1 is 1.16 bits per heavy atom. The van der Waals surface area contributed by atoms with Crippen LogP contribution in [0.1, 0.15) is 85.7 Å². The van der Waals surface area contributed by atoms with E-state index < -0.39 is 17.8 Å². The molecule has 0 fully saturated rings. The molecule has 0 spiro atoms. The van der Waals surface area contributed by atoms with Crippen molar-refractivity contribution >= 4 is 34.0 Å². The summed E-state index contributed by atoms with van der Waals surface area (Å²) in [5.74, 6) is -1.87. The van der Waals surface area contributed by atoms with Gasteiger partial charge in [0.25, 0.3) is 5.91 Å². The third kappa shape index (κ3) is 4.82. The van der Waals surface area contributed by atoms with Crippen LogP contribution in [0.15, 0.2) is 46.8 Å². The number of halogens is 1. The SMILES string of the molecule is CCOC(=O)c1c(NC(=O)C2=C(C)NC3=C(C(=O)CC(C)(C)C3)[C@@H]2c2ccc(F)cc2)sc2c1CCCC2. The first-order chi connectivity index (χ1) is 18.1. The number of esters is 1. The molecule has 1 aromatic heterocycles. The molecule has 0 bridgehead atoms. The van der Waals surface area contributed by atoms with Gasteiger partial charge in [-0.1, -0.05) is 26.0 Å². The minimum Gasteiger partial charge on any atom is -0.462 e. The van der Waals surface area contributed by atoms with Crippen LogP contribution >= 0.6 is 11.3 Å². The summed E-state index contributed by atoms with van der Waals surface area (Å²) in [5.41, 5.74) is 4.28.